The standard InChI is InChI=1S/C30H37N3O8/c1-30(2,3)41-27(36)25-15-14-23(16-17-34)33(25)26(35)24(32-29(38)40-20-22-12-8-5-9-13-22)18-31-28(37)39-19-21-10-6-4-7-11-21/h4-13,17,23-25H,14-16,18-20H2,1-3H3,(H,31,37)(H,32,38)/t23-,24+,25-/m1/s1. The predicted octanol–water partition coefficient (Wildman–Crippen LogP) is 3.50. The van der Waals surface area contributed by atoms with Gasteiger partial charge in [0.2, 0.25) is 5.91 Å². The van der Waals surface area contributed by atoms with Gasteiger partial charge in [0.15, 0.2) is 0 Å². The summed E-state index contributed by atoms with van der Waals surface area (Å²) in [7, 11) is 0. The van der Waals surface area contributed by atoms with Crippen molar-refractivity contribution in [1.82, 2.24) is 15.5 Å². The van der Waals surface area contributed by atoms with Gasteiger partial charge in [-0.05, 0) is 44.7 Å². The maximum atomic E-state index is 13.9. The maximum Gasteiger partial charge on any atom is 0.408 e. The van der Waals surface area contributed by atoms with Crippen molar-refractivity contribution >= 4 is 30.3 Å². The molecule has 3 atom stereocenters. The second-order valence-electron chi connectivity index (χ2n) is 10.6. The fourth-order valence-corrected chi connectivity index (χ4v) is 4.41. The zero-order valence-corrected chi connectivity index (χ0v) is 23.5. The number of likely N-dealkylation sites (tertiary alicyclic amines) is 1. The van der Waals surface area contributed by atoms with E-state index in [0.29, 0.717) is 12.7 Å². The Hall–Kier alpha value is -4.41. The Balaban J connectivity index is 1.74. The summed E-state index contributed by atoms with van der Waals surface area (Å²) in [5.74, 6) is -1.27. The van der Waals surface area contributed by atoms with Crippen molar-refractivity contribution in [3.05, 3.63) is 71.8 Å². The van der Waals surface area contributed by atoms with Crippen LogP contribution in [0.3, 0.4) is 0 Å². The molecule has 2 aromatic carbocycles. The van der Waals surface area contributed by atoms with E-state index in [1.165, 1.54) is 4.90 Å². The summed E-state index contributed by atoms with van der Waals surface area (Å²) in [6.07, 6.45) is -0.337. The lowest BCUT2D eigenvalue weighted by atomic mass is 10.1. The molecule has 1 heterocycles. The van der Waals surface area contributed by atoms with Gasteiger partial charge in [-0.25, -0.2) is 14.4 Å². The molecule has 0 aromatic heterocycles. The SMILES string of the molecule is CC(C)(C)OC(=O)[C@H]1CC[C@H](CC=O)N1C(=O)[C@H](CNC(=O)OCc1ccccc1)NC(=O)OCc1ccccc1. The highest BCUT2D eigenvalue weighted by molar-refractivity contribution is 5.91. The summed E-state index contributed by atoms with van der Waals surface area (Å²) in [6.45, 7) is 4.76. The van der Waals surface area contributed by atoms with E-state index >= 15 is 0 Å². The minimum absolute atomic E-state index is 0.00274. The molecule has 1 aliphatic rings. The van der Waals surface area contributed by atoms with Crippen LogP contribution in [-0.2, 0) is 41.8 Å². The van der Waals surface area contributed by atoms with Crippen LogP contribution in [0.2, 0.25) is 0 Å². The van der Waals surface area contributed by atoms with Gasteiger partial charge in [0, 0.05) is 12.5 Å². The summed E-state index contributed by atoms with van der Waals surface area (Å²) >= 11 is 0. The van der Waals surface area contributed by atoms with Crippen molar-refractivity contribution in [2.45, 2.75) is 77.0 Å². The molecule has 3 amide bonds. The lowest BCUT2D eigenvalue weighted by molar-refractivity contribution is -0.164. The molecule has 0 unspecified atom stereocenters. The Labute approximate surface area is 239 Å². The average molecular weight is 568 g/mol. The van der Waals surface area contributed by atoms with E-state index in [1.807, 2.05) is 24.3 Å². The first-order valence-electron chi connectivity index (χ1n) is 13.5. The number of nitrogens with zero attached hydrogens (tertiary/aromatic N) is 1. The number of hydrogen-bond donors (Lipinski definition) is 2. The average Bonchev–Trinajstić information content (AvgIpc) is 3.37. The largest absolute Gasteiger partial charge is 0.458 e. The first kappa shape index (κ1) is 31.1. The molecule has 220 valence electrons. The Kier molecular flexibility index (Phi) is 11.3. The molecule has 11 nitrogen and oxygen atoms in total. The third-order valence-corrected chi connectivity index (χ3v) is 6.27. The fourth-order valence-electron chi connectivity index (χ4n) is 4.41. The van der Waals surface area contributed by atoms with E-state index < -0.39 is 47.8 Å². The maximum absolute atomic E-state index is 13.9. The number of ether oxygens (including phenoxy) is 3. The Morgan fingerprint density at radius 1 is 0.902 bits per heavy atom. The van der Waals surface area contributed by atoms with E-state index in [-0.39, 0.29) is 32.6 Å². The minimum atomic E-state index is -1.32. The number of carbonyl (C=O) groups is 5. The summed E-state index contributed by atoms with van der Waals surface area (Å²) in [6, 6.07) is 15.2. The van der Waals surface area contributed by atoms with Gasteiger partial charge < -0.3 is 34.5 Å². The van der Waals surface area contributed by atoms with E-state index in [1.54, 1.807) is 57.2 Å². The number of benzene rings is 2. The molecule has 2 aromatic rings. The molecule has 0 bridgehead atoms. The van der Waals surface area contributed by atoms with Crippen molar-refractivity contribution in [2.24, 2.45) is 0 Å². The van der Waals surface area contributed by atoms with Crippen LogP contribution in [0.15, 0.2) is 60.7 Å². The van der Waals surface area contributed by atoms with Gasteiger partial charge in [0.05, 0.1) is 6.54 Å². The van der Waals surface area contributed by atoms with Crippen LogP contribution in [0, 0.1) is 0 Å². The minimum Gasteiger partial charge on any atom is -0.458 e. The Morgan fingerprint density at radius 2 is 1.46 bits per heavy atom. The predicted molar refractivity (Wildman–Crippen MR) is 148 cm³/mol. The number of amides is 3. The summed E-state index contributed by atoms with van der Waals surface area (Å²) in [5.41, 5.74) is 0.716. The normalized spacial score (nSPS) is 17.2. The van der Waals surface area contributed by atoms with Crippen LogP contribution in [-0.4, -0.2) is 65.5 Å². The molecule has 0 saturated carbocycles. The van der Waals surface area contributed by atoms with Crippen molar-refractivity contribution in [1.29, 1.82) is 0 Å². The lowest BCUT2D eigenvalue weighted by Gasteiger charge is -2.33. The molecular weight excluding hydrogens is 530 g/mol. The number of hydrogen-bond acceptors (Lipinski definition) is 8. The Bertz CT molecular complexity index is 1180. The van der Waals surface area contributed by atoms with E-state index in [0.717, 1.165) is 11.1 Å². The van der Waals surface area contributed by atoms with Crippen LogP contribution >= 0.6 is 0 Å². The third-order valence-electron chi connectivity index (χ3n) is 6.27. The molecule has 1 aliphatic heterocycles. The van der Waals surface area contributed by atoms with E-state index in [4.69, 9.17) is 14.2 Å². The highest BCUT2D eigenvalue weighted by Gasteiger charge is 2.45. The lowest BCUT2D eigenvalue weighted by Crippen LogP contribution is -2.58. The fraction of sp³-hybridized carbons (Fsp3) is 0.433. The van der Waals surface area contributed by atoms with Crippen LogP contribution < -0.4 is 10.6 Å². The van der Waals surface area contributed by atoms with E-state index in [9.17, 15) is 24.0 Å². The van der Waals surface area contributed by atoms with Crippen LogP contribution in [0.1, 0.15) is 51.2 Å². The second-order valence-corrected chi connectivity index (χ2v) is 10.6. The van der Waals surface area contributed by atoms with Crippen molar-refractivity contribution in [3.8, 4) is 0 Å². The molecular formula is C30H37N3O8. The van der Waals surface area contributed by atoms with Crippen molar-refractivity contribution < 1.29 is 38.2 Å². The number of rotatable bonds is 11. The smallest absolute Gasteiger partial charge is 0.408 e. The zero-order chi connectivity index (χ0) is 29.8. The molecule has 41 heavy (non-hydrogen) atoms. The monoisotopic (exact) mass is 567 g/mol. The zero-order valence-electron chi connectivity index (χ0n) is 23.5. The molecule has 2 N–H and O–H groups in total. The Morgan fingerprint density at radius 3 is 2.00 bits per heavy atom. The van der Waals surface area contributed by atoms with Gasteiger partial charge in [0.1, 0.15) is 37.2 Å². The van der Waals surface area contributed by atoms with Gasteiger partial charge in [-0.3, -0.25) is 4.79 Å². The third kappa shape index (κ3) is 9.93. The number of aldehydes is 1. The molecule has 3 rings (SSSR count). The summed E-state index contributed by atoms with van der Waals surface area (Å²) < 4.78 is 16.0. The van der Waals surface area contributed by atoms with Crippen LogP contribution in [0.5, 0.6) is 0 Å². The van der Waals surface area contributed by atoms with Crippen molar-refractivity contribution in [3.63, 3.8) is 0 Å². The first-order valence-corrected chi connectivity index (χ1v) is 13.5. The van der Waals surface area contributed by atoms with Gasteiger partial charge in [-0.15, -0.1) is 0 Å². The van der Waals surface area contributed by atoms with Gasteiger partial charge >= 0.3 is 18.2 Å². The number of esters is 1. The van der Waals surface area contributed by atoms with E-state index in [2.05, 4.69) is 10.6 Å². The second kappa shape index (κ2) is 14.8. The molecule has 0 spiro atoms. The number of nitrogens with one attached hydrogen (secondary N) is 2. The topological polar surface area (TPSA) is 140 Å². The quantitative estimate of drug-likeness (QED) is 0.239. The summed E-state index contributed by atoms with van der Waals surface area (Å²) in [5, 5.41) is 5.00. The number of carbonyl (C=O) groups excluding carboxylic acids is 5. The molecule has 1 fully saturated rings. The molecule has 0 aliphatic carbocycles. The van der Waals surface area contributed by atoms with Gasteiger partial charge in [-0.2, -0.15) is 0 Å². The highest BCUT2D eigenvalue weighted by atomic mass is 16.6. The van der Waals surface area contributed by atoms with Gasteiger partial charge in [-0.1, -0.05) is 60.7 Å². The highest BCUT2D eigenvalue weighted by Crippen LogP contribution is 2.29. The molecule has 1 saturated heterocycles. The molecule has 11 heteroatoms. The van der Waals surface area contributed by atoms with Crippen LogP contribution in [0.4, 0.5) is 9.59 Å². The molecule has 0 radical (unpaired) electrons. The number of alkyl carbamates (subject to hydrolysis) is 2. The first-order chi connectivity index (χ1) is 19.6. The van der Waals surface area contributed by atoms with Crippen molar-refractivity contribution in [2.75, 3.05) is 6.54 Å². The van der Waals surface area contributed by atoms with Gasteiger partial charge in [0.25, 0.3) is 0 Å². The van der Waals surface area contributed by atoms with Crippen LogP contribution in [0.25, 0.3) is 0 Å². The summed E-state index contributed by atoms with van der Waals surface area (Å²) in [4.78, 5) is 64.7.